The Kier molecular flexibility index (Phi) is 7.52. The van der Waals surface area contributed by atoms with Gasteiger partial charge in [-0.2, -0.15) is 0 Å². The molecule has 2 aromatic rings. The summed E-state index contributed by atoms with van der Waals surface area (Å²) in [5, 5.41) is 2.95. The van der Waals surface area contributed by atoms with E-state index in [0.717, 1.165) is 23.4 Å². The summed E-state index contributed by atoms with van der Waals surface area (Å²) in [6.45, 7) is 6.85. The van der Waals surface area contributed by atoms with Crippen LogP contribution < -0.4 is 10.1 Å². The first-order valence-electron chi connectivity index (χ1n) is 9.17. The molecule has 0 fully saturated rings. The maximum Gasteiger partial charge on any atom is 0.224 e. The van der Waals surface area contributed by atoms with Crippen molar-refractivity contribution in [1.82, 2.24) is 0 Å². The van der Waals surface area contributed by atoms with Gasteiger partial charge in [0.1, 0.15) is 5.75 Å². The second-order valence-electron chi connectivity index (χ2n) is 6.57. The maximum absolute atomic E-state index is 12.0. The molecule has 0 aliphatic heterocycles. The highest BCUT2D eigenvalue weighted by Crippen LogP contribution is 2.19. The van der Waals surface area contributed by atoms with E-state index in [-0.39, 0.29) is 5.91 Å². The van der Waals surface area contributed by atoms with Crippen molar-refractivity contribution in [1.29, 1.82) is 0 Å². The van der Waals surface area contributed by atoms with Crippen molar-refractivity contribution in [3.05, 3.63) is 59.2 Å². The van der Waals surface area contributed by atoms with E-state index < -0.39 is 0 Å². The number of ether oxygens (including phenoxy) is 1. The highest BCUT2D eigenvalue weighted by atomic mass is 16.5. The van der Waals surface area contributed by atoms with Crippen molar-refractivity contribution in [3.63, 3.8) is 0 Å². The molecule has 0 saturated carbocycles. The molecule has 0 aromatic heterocycles. The average Bonchev–Trinajstić information content (AvgIpc) is 2.59. The molecule has 2 rings (SSSR count). The topological polar surface area (TPSA) is 38.3 Å². The van der Waals surface area contributed by atoms with Crippen LogP contribution in [0, 0.1) is 13.8 Å². The van der Waals surface area contributed by atoms with E-state index in [1.807, 2.05) is 31.2 Å². The SMILES string of the molecule is CCCCc1ccc(NC(=O)CCCOc2ccc(C)cc2C)cc1. The summed E-state index contributed by atoms with van der Waals surface area (Å²) < 4.78 is 5.77. The van der Waals surface area contributed by atoms with E-state index in [1.54, 1.807) is 0 Å². The Balaban J connectivity index is 1.70. The fraction of sp³-hybridized carbons (Fsp3) is 0.409. The summed E-state index contributed by atoms with van der Waals surface area (Å²) in [7, 11) is 0. The second-order valence-corrected chi connectivity index (χ2v) is 6.57. The highest BCUT2D eigenvalue weighted by Gasteiger charge is 2.04. The summed E-state index contributed by atoms with van der Waals surface area (Å²) in [6, 6.07) is 14.3. The molecule has 0 bridgehead atoms. The Hall–Kier alpha value is -2.29. The van der Waals surface area contributed by atoms with Crippen LogP contribution in [0.3, 0.4) is 0 Å². The zero-order chi connectivity index (χ0) is 18.1. The van der Waals surface area contributed by atoms with Crippen molar-refractivity contribution < 1.29 is 9.53 Å². The monoisotopic (exact) mass is 339 g/mol. The molecule has 0 spiro atoms. The molecular weight excluding hydrogens is 310 g/mol. The number of amides is 1. The molecule has 25 heavy (non-hydrogen) atoms. The first-order valence-corrected chi connectivity index (χ1v) is 9.17. The maximum atomic E-state index is 12.0. The van der Waals surface area contributed by atoms with Crippen LogP contribution in [0.2, 0.25) is 0 Å². The Labute approximate surface area is 151 Å². The molecule has 1 amide bonds. The molecule has 0 atom stereocenters. The van der Waals surface area contributed by atoms with Gasteiger partial charge < -0.3 is 10.1 Å². The summed E-state index contributed by atoms with van der Waals surface area (Å²) in [5.74, 6) is 0.930. The van der Waals surface area contributed by atoms with Crippen molar-refractivity contribution in [3.8, 4) is 5.75 Å². The lowest BCUT2D eigenvalue weighted by Gasteiger charge is -2.10. The lowest BCUT2D eigenvalue weighted by Crippen LogP contribution is -2.13. The molecular formula is C22H29NO2. The lowest BCUT2D eigenvalue weighted by molar-refractivity contribution is -0.116. The van der Waals surface area contributed by atoms with E-state index in [4.69, 9.17) is 4.74 Å². The molecule has 0 unspecified atom stereocenters. The summed E-state index contributed by atoms with van der Waals surface area (Å²) >= 11 is 0. The average molecular weight is 339 g/mol. The van der Waals surface area contributed by atoms with Gasteiger partial charge in [-0.05, 0) is 62.4 Å². The van der Waals surface area contributed by atoms with Gasteiger partial charge in [0.2, 0.25) is 5.91 Å². The molecule has 0 saturated heterocycles. The number of aryl methyl sites for hydroxylation is 3. The summed E-state index contributed by atoms with van der Waals surface area (Å²) in [4.78, 5) is 12.0. The minimum absolute atomic E-state index is 0.0329. The third kappa shape index (κ3) is 6.61. The van der Waals surface area contributed by atoms with Crippen LogP contribution in [0.4, 0.5) is 5.69 Å². The number of nitrogens with one attached hydrogen (secondary N) is 1. The van der Waals surface area contributed by atoms with Gasteiger partial charge in [0, 0.05) is 12.1 Å². The van der Waals surface area contributed by atoms with Crippen molar-refractivity contribution in [2.24, 2.45) is 0 Å². The molecule has 134 valence electrons. The molecule has 0 heterocycles. The minimum Gasteiger partial charge on any atom is -0.493 e. The van der Waals surface area contributed by atoms with Crippen LogP contribution in [0.15, 0.2) is 42.5 Å². The number of carbonyl (C=O) groups is 1. The predicted molar refractivity (Wildman–Crippen MR) is 104 cm³/mol. The normalized spacial score (nSPS) is 10.5. The van der Waals surface area contributed by atoms with Crippen LogP contribution in [0.5, 0.6) is 5.75 Å². The highest BCUT2D eigenvalue weighted by molar-refractivity contribution is 5.90. The van der Waals surface area contributed by atoms with Crippen LogP contribution in [-0.2, 0) is 11.2 Å². The number of rotatable bonds is 9. The third-order valence-electron chi connectivity index (χ3n) is 4.19. The smallest absolute Gasteiger partial charge is 0.224 e. The quantitative estimate of drug-likeness (QED) is 0.617. The number of carbonyl (C=O) groups excluding carboxylic acids is 1. The standard InChI is InChI=1S/C22H29NO2/c1-4-5-7-19-10-12-20(13-11-19)23-22(24)8-6-15-25-21-14-9-17(2)16-18(21)3/h9-14,16H,4-8,15H2,1-3H3,(H,23,24). The van der Waals surface area contributed by atoms with Crippen LogP contribution in [0.1, 0.15) is 49.3 Å². The minimum atomic E-state index is 0.0329. The van der Waals surface area contributed by atoms with Crippen LogP contribution in [-0.4, -0.2) is 12.5 Å². The second kappa shape index (κ2) is 9.87. The van der Waals surface area contributed by atoms with E-state index in [9.17, 15) is 4.79 Å². The van der Waals surface area contributed by atoms with E-state index in [2.05, 4.69) is 37.4 Å². The zero-order valence-electron chi connectivity index (χ0n) is 15.6. The Morgan fingerprint density at radius 1 is 1.04 bits per heavy atom. The third-order valence-corrected chi connectivity index (χ3v) is 4.19. The van der Waals surface area contributed by atoms with Crippen LogP contribution in [0.25, 0.3) is 0 Å². The van der Waals surface area contributed by atoms with E-state index >= 15 is 0 Å². The molecule has 3 heteroatoms. The largest absolute Gasteiger partial charge is 0.493 e. The molecule has 0 aliphatic carbocycles. The van der Waals surface area contributed by atoms with Crippen molar-refractivity contribution in [2.75, 3.05) is 11.9 Å². The zero-order valence-corrected chi connectivity index (χ0v) is 15.6. The van der Waals surface area contributed by atoms with Gasteiger partial charge >= 0.3 is 0 Å². The van der Waals surface area contributed by atoms with E-state index in [0.29, 0.717) is 19.4 Å². The predicted octanol–water partition coefficient (Wildman–Crippen LogP) is 5.44. The number of hydrogen-bond acceptors (Lipinski definition) is 2. The van der Waals surface area contributed by atoms with Crippen LogP contribution >= 0.6 is 0 Å². The van der Waals surface area contributed by atoms with Crippen molar-refractivity contribution >= 4 is 11.6 Å². The van der Waals surface area contributed by atoms with Gasteiger partial charge in [-0.1, -0.05) is 43.2 Å². The first kappa shape index (κ1) is 19.0. The van der Waals surface area contributed by atoms with Gasteiger partial charge in [0.15, 0.2) is 0 Å². The molecule has 0 aliphatic rings. The van der Waals surface area contributed by atoms with E-state index in [1.165, 1.54) is 24.0 Å². The fourth-order valence-corrected chi connectivity index (χ4v) is 2.74. The van der Waals surface area contributed by atoms with Gasteiger partial charge in [0.05, 0.1) is 6.61 Å². The number of anilines is 1. The van der Waals surface area contributed by atoms with Gasteiger partial charge in [-0.15, -0.1) is 0 Å². The molecule has 0 radical (unpaired) electrons. The molecule has 1 N–H and O–H groups in total. The van der Waals surface area contributed by atoms with Crippen molar-refractivity contribution in [2.45, 2.75) is 52.9 Å². The fourth-order valence-electron chi connectivity index (χ4n) is 2.74. The number of benzene rings is 2. The van der Waals surface area contributed by atoms with Gasteiger partial charge in [-0.3, -0.25) is 4.79 Å². The lowest BCUT2D eigenvalue weighted by atomic mass is 10.1. The summed E-state index contributed by atoms with van der Waals surface area (Å²) in [5.41, 5.74) is 4.54. The Morgan fingerprint density at radius 2 is 1.80 bits per heavy atom. The Bertz CT molecular complexity index is 677. The number of unbranched alkanes of at least 4 members (excludes halogenated alkanes) is 1. The van der Waals surface area contributed by atoms with Gasteiger partial charge in [0.25, 0.3) is 0 Å². The Morgan fingerprint density at radius 3 is 2.48 bits per heavy atom. The number of hydrogen-bond donors (Lipinski definition) is 1. The molecule has 2 aromatic carbocycles. The first-order chi connectivity index (χ1) is 12.1. The molecule has 3 nitrogen and oxygen atoms in total. The van der Waals surface area contributed by atoms with Gasteiger partial charge in [-0.25, -0.2) is 0 Å². The summed E-state index contributed by atoms with van der Waals surface area (Å²) in [6.07, 6.45) is 4.66.